The van der Waals surface area contributed by atoms with Crippen LogP contribution in [-0.2, 0) is 0 Å². The van der Waals surface area contributed by atoms with Crippen LogP contribution in [0.3, 0.4) is 0 Å². The normalized spacial score (nSPS) is 11.7. The highest BCUT2D eigenvalue weighted by atomic mass is 32.1. The van der Waals surface area contributed by atoms with Crippen LogP contribution in [0.15, 0.2) is 200 Å². The number of thiophene rings is 2. The quantitative estimate of drug-likeness (QED) is 0.168. The van der Waals surface area contributed by atoms with Gasteiger partial charge in [0.05, 0.1) is 0 Å². The lowest BCUT2D eigenvalue weighted by molar-refractivity contribution is 1.08. The Morgan fingerprint density at radius 2 is 0.650 bits per heavy atom. The van der Waals surface area contributed by atoms with Crippen LogP contribution in [0, 0.1) is 0 Å². The van der Waals surface area contributed by atoms with Crippen molar-refractivity contribution in [1.29, 1.82) is 0 Å². The van der Waals surface area contributed by atoms with Crippen LogP contribution in [0.25, 0.3) is 119 Å². The minimum absolute atomic E-state index is 0.636. The Labute approximate surface area is 354 Å². The molecule has 12 aromatic rings. The van der Waals surface area contributed by atoms with Gasteiger partial charge in [0.1, 0.15) is 0 Å². The van der Waals surface area contributed by atoms with Gasteiger partial charge < -0.3 is 0 Å². The van der Waals surface area contributed by atoms with E-state index in [0.29, 0.717) is 17.5 Å². The van der Waals surface area contributed by atoms with Crippen molar-refractivity contribution in [2.45, 2.75) is 0 Å². The summed E-state index contributed by atoms with van der Waals surface area (Å²) in [6, 6.07) is 71.5. The van der Waals surface area contributed by atoms with Crippen molar-refractivity contribution in [3.63, 3.8) is 0 Å². The maximum atomic E-state index is 5.47. The standard InChI is InChI=1S/C55H33N3S2/c1-3-15-34(16-4-1)37-31-32-39(41-20-8-7-19-40(37)41)36-29-30-38(35-17-5-2-6-18-35)48(33-36)55-57-53(46-25-13-23-44-42-21-9-11-27-49(42)59-51(44)46)56-54(58-55)47-26-14-24-45-43-22-10-12-28-50(43)60-52(45)47/h1-33H. The van der Waals surface area contributed by atoms with E-state index in [-0.39, 0.29) is 0 Å². The zero-order valence-electron chi connectivity index (χ0n) is 32.2. The third-order valence-corrected chi connectivity index (χ3v) is 14.0. The Balaban J connectivity index is 1.13. The van der Waals surface area contributed by atoms with Gasteiger partial charge in [0.2, 0.25) is 0 Å². The molecule has 0 aliphatic carbocycles. The molecule has 280 valence electrons. The lowest BCUT2D eigenvalue weighted by Gasteiger charge is -2.16. The molecule has 0 atom stereocenters. The average Bonchev–Trinajstić information content (AvgIpc) is 3.90. The van der Waals surface area contributed by atoms with Gasteiger partial charge in [-0.15, -0.1) is 22.7 Å². The summed E-state index contributed by atoms with van der Waals surface area (Å²) in [6.07, 6.45) is 0. The molecule has 60 heavy (non-hydrogen) atoms. The maximum absolute atomic E-state index is 5.47. The van der Waals surface area contributed by atoms with Gasteiger partial charge in [-0.25, -0.2) is 15.0 Å². The highest BCUT2D eigenvalue weighted by Gasteiger charge is 2.21. The number of benzene rings is 9. The van der Waals surface area contributed by atoms with E-state index in [0.717, 1.165) is 38.9 Å². The third-order valence-electron chi connectivity index (χ3n) is 11.6. The zero-order valence-corrected chi connectivity index (χ0v) is 33.8. The number of hydrogen-bond donors (Lipinski definition) is 0. The molecule has 0 saturated heterocycles. The summed E-state index contributed by atoms with van der Waals surface area (Å²) in [5.74, 6) is 1.96. The molecule has 3 nitrogen and oxygen atoms in total. The van der Waals surface area contributed by atoms with Crippen molar-refractivity contribution in [2.24, 2.45) is 0 Å². The summed E-state index contributed by atoms with van der Waals surface area (Å²) in [6.45, 7) is 0. The van der Waals surface area contributed by atoms with Crippen LogP contribution >= 0.6 is 22.7 Å². The van der Waals surface area contributed by atoms with Gasteiger partial charge in [-0.05, 0) is 74.5 Å². The molecule has 0 aliphatic rings. The van der Waals surface area contributed by atoms with Crippen molar-refractivity contribution in [3.8, 4) is 67.5 Å². The summed E-state index contributed by atoms with van der Waals surface area (Å²) in [4.78, 5) is 16.3. The van der Waals surface area contributed by atoms with Crippen molar-refractivity contribution < 1.29 is 0 Å². The smallest absolute Gasteiger partial charge is 0.165 e. The molecular formula is C55H33N3S2. The highest BCUT2D eigenvalue weighted by Crippen LogP contribution is 2.44. The third kappa shape index (κ3) is 5.74. The molecule has 0 amide bonds. The molecule has 3 aromatic heterocycles. The molecule has 0 unspecified atom stereocenters. The molecule has 0 aliphatic heterocycles. The van der Waals surface area contributed by atoms with E-state index in [4.69, 9.17) is 15.0 Å². The number of hydrogen-bond acceptors (Lipinski definition) is 5. The van der Waals surface area contributed by atoms with Crippen LogP contribution in [0.1, 0.15) is 0 Å². The Bertz CT molecular complexity index is 3470. The highest BCUT2D eigenvalue weighted by molar-refractivity contribution is 7.26. The van der Waals surface area contributed by atoms with Crippen LogP contribution < -0.4 is 0 Å². The van der Waals surface area contributed by atoms with Gasteiger partial charge in [-0.2, -0.15) is 0 Å². The van der Waals surface area contributed by atoms with E-state index < -0.39 is 0 Å². The van der Waals surface area contributed by atoms with Crippen molar-refractivity contribution in [2.75, 3.05) is 0 Å². The van der Waals surface area contributed by atoms with Gasteiger partial charge in [-0.3, -0.25) is 0 Å². The molecule has 12 rings (SSSR count). The molecule has 0 radical (unpaired) electrons. The van der Waals surface area contributed by atoms with Crippen molar-refractivity contribution >= 4 is 73.8 Å². The number of fused-ring (bicyclic) bond motifs is 7. The monoisotopic (exact) mass is 799 g/mol. The predicted octanol–water partition coefficient (Wildman–Crippen LogP) is 15.8. The fraction of sp³-hybridized carbons (Fsp3) is 0. The van der Waals surface area contributed by atoms with Crippen molar-refractivity contribution in [3.05, 3.63) is 200 Å². The number of nitrogens with zero attached hydrogens (tertiary/aromatic N) is 3. The molecular weight excluding hydrogens is 767 g/mol. The van der Waals surface area contributed by atoms with E-state index in [1.165, 1.54) is 62.2 Å². The lowest BCUT2D eigenvalue weighted by Crippen LogP contribution is -2.01. The first-order chi connectivity index (χ1) is 29.7. The molecule has 0 N–H and O–H groups in total. The van der Waals surface area contributed by atoms with E-state index in [9.17, 15) is 0 Å². The average molecular weight is 800 g/mol. The van der Waals surface area contributed by atoms with Crippen LogP contribution in [0.5, 0.6) is 0 Å². The molecule has 0 fully saturated rings. The van der Waals surface area contributed by atoms with E-state index in [1.807, 2.05) is 0 Å². The number of rotatable bonds is 6. The van der Waals surface area contributed by atoms with Crippen molar-refractivity contribution in [1.82, 2.24) is 15.0 Å². The summed E-state index contributed by atoms with van der Waals surface area (Å²) < 4.78 is 4.83. The minimum atomic E-state index is 0.636. The summed E-state index contributed by atoms with van der Waals surface area (Å²) in [5.41, 5.74) is 9.79. The van der Waals surface area contributed by atoms with E-state index >= 15 is 0 Å². The SMILES string of the molecule is c1ccc(-c2ccc(-c3ccc(-c4ccccc4)c4ccccc34)cc2-c2nc(-c3cccc4c3sc3ccccc34)nc(-c3cccc4c3sc3ccccc34)n2)cc1. The van der Waals surface area contributed by atoms with Gasteiger partial charge in [0.25, 0.3) is 0 Å². The fourth-order valence-electron chi connectivity index (χ4n) is 8.77. The zero-order chi connectivity index (χ0) is 39.6. The largest absolute Gasteiger partial charge is 0.208 e. The van der Waals surface area contributed by atoms with Gasteiger partial charge in [0.15, 0.2) is 17.5 Å². The molecule has 0 spiro atoms. The second kappa shape index (κ2) is 14.2. The van der Waals surface area contributed by atoms with E-state index in [1.54, 1.807) is 22.7 Å². The molecule has 5 heteroatoms. The van der Waals surface area contributed by atoms with Crippen LogP contribution in [0.4, 0.5) is 0 Å². The number of aromatic nitrogens is 3. The first-order valence-electron chi connectivity index (χ1n) is 20.1. The Kier molecular flexibility index (Phi) is 8.22. The fourth-order valence-corrected chi connectivity index (χ4v) is 11.2. The molecule has 9 aromatic carbocycles. The second-order valence-corrected chi connectivity index (χ2v) is 17.2. The Morgan fingerprint density at radius 1 is 0.250 bits per heavy atom. The molecule has 0 bridgehead atoms. The van der Waals surface area contributed by atoms with Crippen LogP contribution in [-0.4, -0.2) is 15.0 Å². The Morgan fingerprint density at radius 3 is 1.18 bits per heavy atom. The van der Waals surface area contributed by atoms with Gasteiger partial charge in [0, 0.05) is 57.0 Å². The molecule has 0 saturated carbocycles. The minimum Gasteiger partial charge on any atom is -0.208 e. The van der Waals surface area contributed by atoms with Gasteiger partial charge >= 0.3 is 0 Å². The maximum Gasteiger partial charge on any atom is 0.165 e. The van der Waals surface area contributed by atoms with Gasteiger partial charge in [-0.1, -0.05) is 170 Å². The van der Waals surface area contributed by atoms with Crippen LogP contribution in [0.2, 0.25) is 0 Å². The van der Waals surface area contributed by atoms with E-state index in [2.05, 4.69) is 200 Å². The first kappa shape index (κ1) is 34.7. The molecule has 3 heterocycles. The first-order valence-corrected chi connectivity index (χ1v) is 21.7. The Hall–Kier alpha value is -7.31. The topological polar surface area (TPSA) is 38.7 Å². The lowest BCUT2D eigenvalue weighted by atomic mass is 9.89. The predicted molar refractivity (Wildman–Crippen MR) is 256 cm³/mol. The summed E-state index contributed by atoms with van der Waals surface area (Å²) in [5, 5.41) is 7.32. The second-order valence-electron chi connectivity index (χ2n) is 15.1. The summed E-state index contributed by atoms with van der Waals surface area (Å²) >= 11 is 3.59. The summed E-state index contributed by atoms with van der Waals surface area (Å²) in [7, 11) is 0.